The van der Waals surface area contributed by atoms with Crippen LogP contribution in [0.25, 0.3) is 0 Å². The molecule has 0 aromatic carbocycles. The Hall–Kier alpha value is -0.500. The molecule has 1 N–H and O–H groups in total. The first kappa shape index (κ1) is 11.5. The van der Waals surface area contributed by atoms with Gasteiger partial charge in [0.15, 0.2) is 0 Å². The smallest absolute Gasteiger partial charge is 0.0155 e. The number of nitrogens with one attached hydrogen (secondary N) is 1. The van der Waals surface area contributed by atoms with Crippen molar-refractivity contribution in [1.29, 1.82) is 0 Å². The Balaban J connectivity index is 3.13. The van der Waals surface area contributed by atoms with Crippen molar-refractivity contribution in [2.75, 3.05) is 26.7 Å². The van der Waals surface area contributed by atoms with Gasteiger partial charge in [-0.15, -0.1) is 0 Å². The summed E-state index contributed by atoms with van der Waals surface area (Å²) in [6, 6.07) is 0. The minimum Gasteiger partial charge on any atom is -0.389 e. The molecule has 72 valence electrons. The summed E-state index contributed by atoms with van der Waals surface area (Å²) in [7, 11) is 2.17. The summed E-state index contributed by atoms with van der Waals surface area (Å²) in [6.07, 6.45) is 2.44. The molecule has 12 heavy (non-hydrogen) atoms. The van der Waals surface area contributed by atoms with Crippen LogP contribution in [-0.4, -0.2) is 31.6 Å². The predicted molar refractivity (Wildman–Crippen MR) is 55.2 cm³/mol. The zero-order valence-corrected chi connectivity index (χ0v) is 8.69. The third-order valence-corrected chi connectivity index (χ3v) is 1.75. The van der Waals surface area contributed by atoms with Crippen molar-refractivity contribution >= 4 is 0 Å². The number of hydrogen-bond acceptors (Lipinski definition) is 2. The minimum absolute atomic E-state index is 1.05. The molecule has 0 saturated heterocycles. The first-order valence-electron chi connectivity index (χ1n) is 4.74. The number of rotatable bonds is 7. The van der Waals surface area contributed by atoms with Crippen LogP contribution in [-0.2, 0) is 0 Å². The Kier molecular flexibility index (Phi) is 6.87. The highest BCUT2D eigenvalue weighted by molar-refractivity contribution is 4.83. The van der Waals surface area contributed by atoms with E-state index in [4.69, 9.17) is 0 Å². The molecule has 0 amide bonds. The molecule has 0 spiro atoms. The van der Waals surface area contributed by atoms with Crippen molar-refractivity contribution in [3.8, 4) is 0 Å². The van der Waals surface area contributed by atoms with E-state index in [1.54, 1.807) is 0 Å². The maximum atomic E-state index is 3.78. The number of nitrogens with zero attached hydrogens (tertiary/aromatic N) is 1. The van der Waals surface area contributed by atoms with Crippen LogP contribution in [0.3, 0.4) is 0 Å². The minimum atomic E-state index is 1.05. The van der Waals surface area contributed by atoms with Crippen LogP contribution in [0.2, 0.25) is 0 Å². The highest BCUT2D eigenvalue weighted by Gasteiger charge is 1.94. The molecular formula is C10H22N2. The maximum absolute atomic E-state index is 3.78. The highest BCUT2D eigenvalue weighted by atomic mass is 15.1. The molecule has 2 heteroatoms. The summed E-state index contributed by atoms with van der Waals surface area (Å²) in [6.45, 7) is 11.4. The van der Waals surface area contributed by atoms with E-state index in [1.807, 2.05) is 6.92 Å². The zero-order valence-electron chi connectivity index (χ0n) is 8.69. The van der Waals surface area contributed by atoms with Gasteiger partial charge in [-0.25, -0.2) is 0 Å². The lowest BCUT2D eigenvalue weighted by molar-refractivity contribution is 0.329. The fourth-order valence-corrected chi connectivity index (χ4v) is 1.14. The second-order valence-electron chi connectivity index (χ2n) is 3.36. The van der Waals surface area contributed by atoms with Crippen LogP contribution in [0.1, 0.15) is 26.7 Å². The van der Waals surface area contributed by atoms with Crippen LogP contribution in [0.15, 0.2) is 12.3 Å². The van der Waals surface area contributed by atoms with E-state index in [2.05, 4.69) is 30.8 Å². The lowest BCUT2D eigenvalue weighted by atomic mass is 10.3. The molecule has 2 nitrogen and oxygen atoms in total. The van der Waals surface area contributed by atoms with Gasteiger partial charge in [-0.1, -0.05) is 13.5 Å². The quantitative estimate of drug-likeness (QED) is 0.587. The topological polar surface area (TPSA) is 15.3 Å². The Labute approximate surface area is 76.6 Å². The van der Waals surface area contributed by atoms with Gasteiger partial charge in [-0.3, -0.25) is 0 Å². The number of hydrogen-bond donors (Lipinski definition) is 1. The van der Waals surface area contributed by atoms with Crippen LogP contribution < -0.4 is 5.32 Å². The third kappa shape index (κ3) is 7.61. The molecule has 0 aromatic rings. The van der Waals surface area contributed by atoms with Crippen molar-refractivity contribution in [2.24, 2.45) is 0 Å². The van der Waals surface area contributed by atoms with Gasteiger partial charge >= 0.3 is 0 Å². The first-order chi connectivity index (χ1) is 5.66. The van der Waals surface area contributed by atoms with E-state index in [1.165, 1.54) is 25.9 Å². The van der Waals surface area contributed by atoms with E-state index < -0.39 is 0 Å². The van der Waals surface area contributed by atoms with E-state index in [-0.39, 0.29) is 0 Å². The molecule has 0 heterocycles. The van der Waals surface area contributed by atoms with Gasteiger partial charge in [0.1, 0.15) is 0 Å². The molecule has 0 bridgehead atoms. The Morgan fingerprint density at radius 3 is 2.58 bits per heavy atom. The van der Waals surface area contributed by atoms with E-state index in [0.29, 0.717) is 0 Å². The van der Waals surface area contributed by atoms with Crippen LogP contribution >= 0.6 is 0 Å². The van der Waals surface area contributed by atoms with E-state index in [0.717, 1.165) is 12.2 Å². The van der Waals surface area contributed by atoms with Gasteiger partial charge in [0.25, 0.3) is 0 Å². The molecule has 0 aliphatic heterocycles. The van der Waals surface area contributed by atoms with Gasteiger partial charge in [0.05, 0.1) is 0 Å². The SMILES string of the molecule is C=C(C)NCCCN(C)CCC. The molecule has 0 fully saturated rings. The van der Waals surface area contributed by atoms with E-state index >= 15 is 0 Å². The van der Waals surface area contributed by atoms with Gasteiger partial charge in [-0.05, 0) is 39.9 Å². The van der Waals surface area contributed by atoms with Gasteiger partial charge in [0, 0.05) is 12.2 Å². The standard InChI is InChI=1S/C10H22N2/c1-5-8-12(4)9-6-7-11-10(2)3/h11H,2,5-9H2,1,3-4H3. The fraction of sp³-hybridized carbons (Fsp3) is 0.800. The summed E-state index contributed by atoms with van der Waals surface area (Å²) < 4.78 is 0. The van der Waals surface area contributed by atoms with Crippen LogP contribution in [0.5, 0.6) is 0 Å². The Bertz CT molecular complexity index is 121. The van der Waals surface area contributed by atoms with Crippen molar-refractivity contribution < 1.29 is 0 Å². The third-order valence-electron chi connectivity index (χ3n) is 1.75. The molecular weight excluding hydrogens is 148 g/mol. The Morgan fingerprint density at radius 2 is 2.08 bits per heavy atom. The van der Waals surface area contributed by atoms with Gasteiger partial charge in [0.2, 0.25) is 0 Å². The molecule has 0 rings (SSSR count). The maximum Gasteiger partial charge on any atom is 0.0155 e. The van der Waals surface area contributed by atoms with Gasteiger partial charge in [-0.2, -0.15) is 0 Å². The monoisotopic (exact) mass is 170 g/mol. The summed E-state index contributed by atoms with van der Waals surface area (Å²) in [5.74, 6) is 0. The molecule has 0 aliphatic carbocycles. The fourth-order valence-electron chi connectivity index (χ4n) is 1.14. The van der Waals surface area contributed by atoms with Crippen molar-refractivity contribution in [1.82, 2.24) is 10.2 Å². The molecule has 0 radical (unpaired) electrons. The lowest BCUT2D eigenvalue weighted by Gasteiger charge is -2.15. The highest BCUT2D eigenvalue weighted by Crippen LogP contribution is 1.89. The molecule has 0 aromatic heterocycles. The lowest BCUT2D eigenvalue weighted by Crippen LogP contribution is -2.23. The largest absolute Gasteiger partial charge is 0.389 e. The van der Waals surface area contributed by atoms with Crippen molar-refractivity contribution in [3.63, 3.8) is 0 Å². The second kappa shape index (κ2) is 7.17. The summed E-state index contributed by atoms with van der Waals surface area (Å²) in [5, 5.41) is 3.22. The molecule has 0 aliphatic rings. The average Bonchev–Trinajstić information content (AvgIpc) is 1.98. The summed E-state index contributed by atoms with van der Waals surface area (Å²) in [4.78, 5) is 2.36. The van der Waals surface area contributed by atoms with Crippen molar-refractivity contribution in [3.05, 3.63) is 12.3 Å². The molecule has 0 saturated carbocycles. The molecule has 0 atom stereocenters. The van der Waals surface area contributed by atoms with Gasteiger partial charge < -0.3 is 10.2 Å². The first-order valence-corrected chi connectivity index (χ1v) is 4.74. The van der Waals surface area contributed by atoms with Crippen molar-refractivity contribution in [2.45, 2.75) is 26.7 Å². The zero-order chi connectivity index (χ0) is 9.40. The summed E-state index contributed by atoms with van der Waals surface area (Å²) in [5.41, 5.74) is 1.06. The Morgan fingerprint density at radius 1 is 1.42 bits per heavy atom. The van der Waals surface area contributed by atoms with E-state index in [9.17, 15) is 0 Å². The summed E-state index contributed by atoms with van der Waals surface area (Å²) >= 11 is 0. The predicted octanol–water partition coefficient (Wildman–Crippen LogP) is 1.84. The van der Waals surface area contributed by atoms with Crippen LogP contribution in [0.4, 0.5) is 0 Å². The number of allylic oxidation sites excluding steroid dienone is 1. The average molecular weight is 170 g/mol. The second-order valence-corrected chi connectivity index (χ2v) is 3.36. The normalized spacial score (nSPS) is 10.3. The van der Waals surface area contributed by atoms with Crippen LogP contribution in [0, 0.1) is 0 Å². The molecule has 0 unspecified atom stereocenters.